The second-order valence-electron chi connectivity index (χ2n) is 5.07. The van der Waals surface area contributed by atoms with Gasteiger partial charge in [0.05, 0.1) is 17.7 Å². The van der Waals surface area contributed by atoms with Crippen LogP contribution < -0.4 is 9.46 Å². The molecule has 0 fully saturated rings. The zero-order valence-electron chi connectivity index (χ0n) is 12.6. The molecule has 0 heterocycles. The average molecular weight is 382 g/mol. The third-order valence-corrected chi connectivity index (χ3v) is 5.27. The van der Waals surface area contributed by atoms with Crippen LogP contribution in [-0.4, -0.2) is 15.5 Å². The van der Waals surface area contributed by atoms with E-state index >= 15 is 0 Å². The maximum atomic E-state index is 12.6. The molecular weight excluding hydrogens is 369 g/mol. The fraction of sp³-hybridized carbons (Fsp3) is 0.0588. The van der Waals surface area contributed by atoms with Crippen molar-refractivity contribution in [3.05, 3.63) is 64.6 Å². The minimum absolute atomic E-state index is 0.0000934. The van der Waals surface area contributed by atoms with Gasteiger partial charge in [0.2, 0.25) is 0 Å². The van der Waals surface area contributed by atoms with Crippen molar-refractivity contribution in [2.24, 2.45) is 0 Å². The smallest absolute Gasteiger partial charge is 0.262 e. The maximum absolute atomic E-state index is 12.6. The van der Waals surface area contributed by atoms with Crippen LogP contribution in [0.5, 0.6) is 5.75 Å². The minimum atomic E-state index is -3.83. The van der Waals surface area contributed by atoms with Crippen LogP contribution in [0.25, 0.3) is 10.8 Å². The number of ether oxygens (including phenoxy) is 1. The molecule has 0 atom stereocenters. The van der Waals surface area contributed by atoms with Gasteiger partial charge in [0, 0.05) is 20.8 Å². The van der Waals surface area contributed by atoms with Gasteiger partial charge in [-0.15, -0.1) is 0 Å². The van der Waals surface area contributed by atoms with Gasteiger partial charge in [-0.2, -0.15) is 0 Å². The Hall–Kier alpha value is -1.95. The molecular formula is C17H13Cl2NO3S. The van der Waals surface area contributed by atoms with Gasteiger partial charge in [-0.05, 0) is 30.3 Å². The lowest BCUT2D eigenvalue weighted by atomic mass is 10.1. The van der Waals surface area contributed by atoms with Crippen LogP contribution in [0.15, 0.2) is 59.5 Å². The van der Waals surface area contributed by atoms with E-state index in [1.165, 1.54) is 18.2 Å². The second-order valence-corrected chi connectivity index (χ2v) is 7.63. The monoisotopic (exact) mass is 381 g/mol. The van der Waals surface area contributed by atoms with Crippen molar-refractivity contribution in [2.75, 3.05) is 11.8 Å². The first kappa shape index (κ1) is 16.9. The van der Waals surface area contributed by atoms with Gasteiger partial charge in [-0.3, -0.25) is 4.72 Å². The first-order valence-electron chi connectivity index (χ1n) is 6.95. The fourth-order valence-electron chi connectivity index (χ4n) is 2.44. The summed E-state index contributed by atoms with van der Waals surface area (Å²) in [4.78, 5) is -0.0000934. The van der Waals surface area contributed by atoms with Gasteiger partial charge in [-0.25, -0.2) is 8.42 Å². The number of hydrogen-bond donors (Lipinski definition) is 1. The van der Waals surface area contributed by atoms with Gasteiger partial charge >= 0.3 is 0 Å². The summed E-state index contributed by atoms with van der Waals surface area (Å²) in [5.41, 5.74) is 0.447. The number of benzene rings is 3. The molecule has 0 aliphatic carbocycles. The van der Waals surface area contributed by atoms with E-state index < -0.39 is 10.0 Å². The van der Waals surface area contributed by atoms with Crippen LogP contribution in [0.2, 0.25) is 10.0 Å². The lowest BCUT2D eigenvalue weighted by Gasteiger charge is -2.13. The Bertz CT molecular complexity index is 999. The summed E-state index contributed by atoms with van der Waals surface area (Å²) < 4.78 is 33.2. The highest BCUT2D eigenvalue weighted by Crippen LogP contribution is 2.32. The number of sulfonamides is 1. The Balaban J connectivity index is 2.09. The molecule has 0 aliphatic rings. The molecule has 3 rings (SSSR count). The third kappa shape index (κ3) is 3.29. The van der Waals surface area contributed by atoms with Crippen molar-refractivity contribution < 1.29 is 13.2 Å². The predicted octanol–water partition coefficient (Wildman–Crippen LogP) is 4.96. The number of rotatable bonds is 4. The van der Waals surface area contributed by atoms with E-state index in [9.17, 15) is 8.42 Å². The SMILES string of the molecule is COc1cccc2c(NS(=O)(=O)c3cc(Cl)cc(Cl)c3)cccc12. The molecule has 124 valence electrons. The third-order valence-electron chi connectivity index (χ3n) is 3.49. The minimum Gasteiger partial charge on any atom is -0.496 e. The number of hydrogen-bond acceptors (Lipinski definition) is 3. The van der Waals surface area contributed by atoms with Crippen LogP contribution >= 0.6 is 23.2 Å². The normalized spacial score (nSPS) is 11.5. The standard InChI is InChI=1S/C17H13Cl2NO3S/c1-23-17-7-3-4-14-15(17)5-2-6-16(14)20-24(21,22)13-9-11(18)8-12(19)10-13/h2-10,20H,1H3. The zero-order chi connectivity index (χ0) is 17.3. The highest BCUT2D eigenvalue weighted by Gasteiger charge is 2.17. The number of halogens is 2. The Kier molecular flexibility index (Phi) is 4.58. The number of nitrogens with one attached hydrogen (secondary N) is 1. The highest BCUT2D eigenvalue weighted by atomic mass is 35.5. The molecule has 3 aromatic rings. The molecule has 3 aromatic carbocycles. The molecule has 0 radical (unpaired) electrons. The molecule has 0 bridgehead atoms. The van der Waals surface area contributed by atoms with Crippen molar-refractivity contribution in [2.45, 2.75) is 4.90 Å². The van der Waals surface area contributed by atoms with Gasteiger partial charge < -0.3 is 4.74 Å². The molecule has 0 saturated carbocycles. The van der Waals surface area contributed by atoms with Gasteiger partial charge in [0.25, 0.3) is 10.0 Å². The van der Waals surface area contributed by atoms with Gasteiger partial charge in [0.1, 0.15) is 5.75 Å². The van der Waals surface area contributed by atoms with Crippen molar-refractivity contribution in [1.29, 1.82) is 0 Å². The lowest BCUT2D eigenvalue weighted by Crippen LogP contribution is -2.13. The Morgan fingerprint density at radius 3 is 2.21 bits per heavy atom. The van der Waals surface area contributed by atoms with Crippen molar-refractivity contribution in [3.8, 4) is 5.75 Å². The second kappa shape index (κ2) is 6.51. The Labute approximate surface area is 150 Å². The van der Waals surface area contributed by atoms with Crippen molar-refractivity contribution >= 4 is 49.7 Å². The largest absolute Gasteiger partial charge is 0.496 e. The predicted molar refractivity (Wildman–Crippen MR) is 97.8 cm³/mol. The highest BCUT2D eigenvalue weighted by molar-refractivity contribution is 7.92. The van der Waals surface area contributed by atoms with Crippen LogP contribution in [0.4, 0.5) is 5.69 Å². The van der Waals surface area contributed by atoms with Gasteiger partial charge in [-0.1, -0.05) is 47.5 Å². The quantitative estimate of drug-likeness (QED) is 0.694. The first-order valence-corrected chi connectivity index (χ1v) is 9.19. The topological polar surface area (TPSA) is 55.4 Å². The molecule has 0 saturated heterocycles. The van der Waals surface area contributed by atoms with Crippen molar-refractivity contribution in [1.82, 2.24) is 0 Å². The van der Waals surface area contributed by atoms with E-state index in [1.54, 1.807) is 25.3 Å². The molecule has 0 unspecified atom stereocenters. The molecule has 1 N–H and O–H groups in total. The van der Waals surface area contributed by atoms with E-state index in [4.69, 9.17) is 27.9 Å². The summed E-state index contributed by atoms with van der Waals surface area (Å²) in [6.45, 7) is 0. The van der Waals surface area contributed by atoms with Crippen LogP contribution in [-0.2, 0) is 10.0 Å². The van der Waals surface area contributed by atoms with E-state index in [-0.39, 0.29) is 14.9 Å². The molecule has 24 heavy (non-hydrogen) atoms. The maximum Gasteiger partial charge on any atom is 0.262 e. The molecule has 4 nitrogen and oxygen atoms in total. The zero-order valence-corrected chi connectivity index (χ0v) is 14.9. The van der Waals surface area contributed by atoms with Crippen LogP contribution in [0.3, 0.4) is 0 Å². The fourth-order valence-corrected chi connectivity index (χ4v) is 4.24. The average Bonchev–Trinajstić information content (AvgIpc) is 2.53. The summed E-state index contributed by atoms with van der Waals surface area (Å²) in [6, 6.07) is 14.9. The molecule has 0 spiro atoms. The van der Waals surface area contributed by atoms with Crippen LogP contribution in [0, 0.1) is 0 Å². The Morgan fingerprint density at radius 2 is 1.54 bits per heavy atom. The van der Waals surface area contributed by atoms with E-state index in [0.717, 1.165) is 10.8 Å². The number of fused-ring (bicyclic) bond motifs is 1. The lowest BCUT2D eigenvalue weighted by molar-refractivity contribution is 0.420. The Morgan fingerprint density at radius 1 is 0.917 bits per heavy atom. The van der Waals surface area contributed by atoms with E-state index in [0.29, 0.717) is 11.4 Å². The van der Waals surface area contributed by atoms with Gasteiger partial charge in [0.15, 0.2) is 0 Å². The number of anilines is 1. The molecule has 7 heteroatoms. The summed E-state index contributed by atoms with van der Waals surface area (Å²) in [5, 5.41) is 2.04. The van der Waals surface area contributed by atoms with E-state index in [2.05, 4.69) is 4.72 Å². The van der Waals surface area contributed by atoms with E-state index in [1.807, 2.05) is 18.2 Å². The van der Waals surface area contributed by atoms with Crippen molar-refractivity contribution in [3.63, 3.8) is 0 Å². The molecule has 0 amide bonds. The summed E-state index contributed by atoms with van der Waals surface area (Å²) in [5.74, 6) is 0.666. The van der Waals surface area contributed by atoms with Crippen LogP contribution in [0.1, 0.15) is 0 Å². The number of methoxy groups -OCH3 is 1. The summed E-state index contributed by atoms with van der Waals surface area (Å²) in [7, 11) is -2.26. The first-order chi connectivity index (χ1) is 11.4. The molecule has 0 aliphatic heterocycles. The summed E-state index contributed by atoms with van der Waals surface area (Å²) >= 11 is 11.8. The summed E-state index contributed by atoms with van der Waals surface area (Å²) in [6.07, 6.45) is 0. The molecule has 0 aromatic heterocycles.